The van der Waals surface area contributed by atoms with Gasteiger partial charge in [-0.25, -0.2) is 9.37 Å². The summed E-state index contributed by atoms with van der Waals surface area (Å²) in [5, 5.41) is 3.83. The number of hydrogen-bond acceptors (Lipinski definition) is 5. The molecule has 3 aliphatic heterocycles. The molecule has 5 heterocycles. The second kappa shape index (κ2) is 9.24. The Morgan fingerprint density at radius 3 is 2.77 bits per heavy atom. The number of hydrogen-bond donors (Lipinski definition) is 2. The molecule has 8 heteroatoms. The highest BCUT2D eigenvalue weighted by molar-refractivity contribution is 5.98. The first-order chi connectivity index (χ1) is 17.1. The molecule has 0 radical (unpaired) electrons. The molecule has 1 aromatic carbocycles. The molecule has 6 rings (SSSR count). The van der Waals surface area contributed by atoms with Crippen LogP contribution in [0.3, 0.4) is 0 Å². The first-order valence-electron chi connectivity index (χ1n) is 12.7. The molecule has 7 nitrogen and oxygen atoms in total. The third kappa shape index (κ3) is 4.19. The minimum Gasteiger partial charge on any atom is -0.378 e. The van der Waals surface area contributed by atoms with Gasteiger partial charge < -0.3 is 19.9 Å². The summed E-state index contributed by atoms with van der Waals surface area (Å²) < 4.78 is 20.3. The molecule has 3 aromatic rings. The molecule has 0 atom stereocenters. The van der Waals surface area contributed by atoms with Gasteiger partial charge in [0.05, 0.1) is 19.3 Å². The Morgan fingerprint density at radius 2 is 2.03 bits per heavy atom. The smallest absolute Gasteiger partial charge is 0.270 e. The van der Waals surface area contributed by atoms with Crippen LogP contribution >= 0.6 is 0 Å². The topological polar surface area (TPSA) is 73.5 Å². The monoisotopic (exact) mass is 477 g/mol. The number of halogens is 1. The summed E-state index contributed by atoms with van der Waals surface area (Å²) in [6, 6.07) is 9.07. The van der Waals surface area contributed by atoms with Crippen molar-refractivity contribution < 1.29 is 13.9 Å². The fraction of sp³-hybridized carbons (Fsp3) is 0.481. The second-order valence-corrected chi connectivity index (χ2v) is 10.0. The lowest BCUT2D eigenvalue weighted by Gasteiger charge is -2.41. The molecule has 2 aromatic heterocycles. The average Bonchev–Trinajstić information content (AvgIpc) is 3.15. The van der Waals surface area contributed by atoms with Gasteiger partial charge in [0, 0.05) is 42.8 Å². The molecule has 2 saturated heterocycles. The minimum absolute atomic E-state index is 0.0890. The summed E-state index contributed by atoms with van der Waals surface area (Å²) in [7, 11) is 1.66. The number of ether oxygens (including phenoxy) is 1. The van der Waals surface area contributed by atoms with Crippen LogP contribution < -0.4 is 5.32 Å². The molecule has 0 aliphatic carbocycles. The van der Waals surface area contributed by atoms with E-state index in [0.717, 1.165) is 68.5 Å². The summed E-state index contributed by atoms with van der Waals surface area (Å²) in [5.41, 5.74) is 4.33. The third-order valence-corrected chi connectivity index (χ3v) is 7.97. The fourth-order valence-electron chi connectivity index (χ4n) is 5.74. The largest absolute Gasteiger partial charge is 0.378 e. The van der Waals surface area contributed by atoms with Crippen molar-refractivity contribution >= 4 is 22.6 Å². The lowest BCUT2D eigenvalue weighted by atomic mass is 9.88. The van der Waals surface area contributed by atoms with E-state index in [9.17, 15) is 9.18 Å². The number of benzene rings is 1. The number of nitrogens with one attached hydrogen (secondary N) is 2. The van der Waals surface area contributed by atoms with Gasteiger partial charge in [-0.15, -0.1) is 0 Å². The number of anilines is 1. The van der Waals surface area contributed by atoms with E-state index >= 15 is 0 Å². The lowest BCUT2D eigenvalue weighted by Crippen LogP contribution is -2.51. The number of amides is 1. The van der Waals surface area contributed by atoms with Crippen molar-refractivity contribution in [3.63, 3.8) is 0 Å². The van der Waals surface area contributed by atoms with E-state index in [4.69, 9.17) is 4.74 Å². The van der Waals surface area contributed by atoms with Crippen molar-refractivity contribution in [1.29, 1.82) is 0 Å². The molecule has 0 unspecified atom stereocenters. The molecule has 2 N–H and O–H groups in total. The number of fused-ring (bicyclic) bond motifs is 2. The molecule has 1 amide bonds. The van der Waals surface area contributed by atoms with Crippen LogP contribution in [0.5, 0.6) is 0 Å². The normalized spacial score (nSPS) is 19.9. The Labute approximate surface area is 204 Å². The standard InChI is InChI=1S/C27H32FN5O2/c1-29-26-25(28)22-14-33(8-2-3-20(22)13-30-26)27(34)24-12-19-5-4-18(11-23(19)31-24)17-6-9-32(10-7-17)21-15-35-16-21/h4-5,11-13,17,21,31H,2-3,6-10,14-16H2,1H3,(H,29,30). The number of aromatic nitrogens is 2. The zero-order valence-electron chi connectivity index (χ0n) is 20.1. The van der Waals surface area contributed by atoms with Crippen LogP contribution in [0.4, 0.5) is 10.2 Å². The van der Waals surface area contributed by atoms with Crippen molar-refractivity contribution in [2.75, 3.05) is 45.2 Å². The Bertz CT molecular complexity index is 1250. The van der Waals surface area contributed by atoms with E-state index < -0.39 is 0 Å². The molecule has 2 fully saturated rings. The summed E-state index contributed by atoms with van der Waals surface area (Å²) in [6.07, 6.45) is 5.53. The fourth-order valence-corrected chi connectivity index (χ4v) is 5.74. The van der Waals surface area contributed by atoms with Crippen molar-refractivity contribution in [3.8, 4) is 0 Å². The van der Waals surface area contributed by atoms with E-state index in [1.807, 2.05) is 6.07 Å². The van der Waals surface area contributed by atoms with E-state index in [1.54, 1.807) is 18.1 Å². The third-order valence-electron chi connectivity index (χ3n) is 7.97. The number of nitrogens with zero attached hydrogens (tertiary/aromatic N) is 3. The summed E-state index contributed by atoms with van der Waals surface area (Å²) in [5.74, 6) is 0.318. The molecule has 0 saturated carbocycles. The highest BCUT2D eigenvalue weighted by atomic mass is 19.1. The number of piperidine rings is 1. The molecule has 184 valence electrons. The van der Waals surface area contributed by atoms with E-state index in [2.05, 4.69) is 38.4 Å². The number of carbonyl (C=O) groups is 1. The Balaban J connectivity index is 1.19. The summed E-state index contributed by atoms with van der Waals surface area (Å²) >= 11 is 0. The van der Waals surface area contributed by atoms with E-state index in [0.29, 0.717) is 29.8 Å². The number of likely N-dealkylation sites (tertiary alicyclic amines) is 1. The zero-order chi connectivity index (χ0) is 23.9. The summed E-state index contributed by atoms with van der Waals surface area (Å²) in [6.45, 7) is 4.82. The zero-order valence-corrected chi connectivity index (χ0v) is 20.1. The van der Waals surface area contributed by atoms with Crippen molar-refractivity contribution in [3.05, 3.63) is 58.7 Å². The number of aromatic amines is 1. The van der Waals surface area contributed by atoms with Gasteiger partial charge in [-0.05, 0) is 68.0 Å². The average molecular weight is 478 g/mol. The quantitative estimate of drug-likeness (QED) is 0.596. The summed E-state index contributed by atoms with van der Waals surface area (Å²) in [4.78, 5) is 25.3. The first-order valence-corrected chi connectivity index (χ1v) is 12.7. The molecule has 0 bridgehead atoms. The molecule has 35 heavy (non-hydrogen) atoms. The van der Waals surface area contributed by atoms with Gasteiger partial charge in [0.25, 0.3) is 5.91 Å². The van der Waals surface area contributed by atoms with Crippen LogP contribution in [0.2, 0.25) is 0 Å². The molecular formula is C27H32FN5O2. The van der Waals surface area contributed by atoms with Gasteiger partial charge in [0.2, 0.25) is 0 Å². The van der Waals surface area contributed by atoms with E-state index in [1.165, 1.54) is 5.56 Å². The van der Waals surface area contributed by atoms with Crippen LogP contribution in [0.25, 0.3) is 10.9 Å². The van der Waals surface area contributed by atoms with Gasteiger partial charge in [-0.2, -0.15) is 0 Å². The maximum absolute atomic E-state index is 15.0. The lowest BCUT2D eigenvalue weighted by molar-refractivity contribution is -0.0712. The Kier molecular flexibility index (Phi) is 5.94. The predicted molar refractivity (Wildman–Crippen MR) is 133 cm³/mol. The first kappa shape index (κ1) is 22.5. The predicted octanol–water partition coefficient (Wildman–Crippen LogP) is 3.91. The van der Waals surface area contributed by atoms with Gasteiger partial charge in [-0.1, -0.05) is 12.1 Å². The van der Waals surface area contributed by atoms with Gasteiger partial charge >= 0.3 is 0 Å². The van der Waals surface area contributed by atoms with Crippen LogP contribution in [0, 0.1) is 5.82 Å². The highest BCUT2D eigenvalue weighted by Gasteiger charge is 2.30. The van der Waals surface area contributed by atoms with E-state index in [-0.39, 0.29) is 24.1 Å². The molecule has 0 spiro atoms. The number of rotatable bonds is 4. The second-order valence-electron chi connectivity index (χ2n) is 10.0. The van der Waals surface area contributed by atoms with Crippen molar-refractivity contribution in [2.45, 2.75) is 44.2 Å². The van der Waals surface area contributed by atoms with Crippen LogP contribution in [-0.4, -0.2) is 71.6 Å². The maximum Gasteiger partial charge on any atom is 0.270 e. The Hall–Kier alpha value is -2.97. The van der Waals surface area contributed by atoms with Gasteiger partial charge in [0.15, 0.2) is 11.6 Å². The maximum atomic E-state index is 15.0. The van der Waals surface area contributed by atoms with Crippen molar-refractivity contribution in [1.82, 2.24) is 19.8 Å². The number of carbonyl (C=O) groups excluding carboxylic acids is 1. The highest BCUT2D eigenvalue weighted by Crippen LogP contribution is 2.32. The number of pyridine rings is 1. The number of H-pyrrole nitrogens is 1. The van der Waals surface area contributed by atoms with Crippen molar-refractivity contribution in [2.24, 2.45) is 0 Å². The SMILES string of the molecule is CNc1ncc2c(c1F)CN(C(=O)c1cc3ccc(C4CCN(C5COC5)CC4)cc3[nH]1)CCC2. The number of aryl methyl sites for hydroxylation is 1. The Morgan fingerprint density at radius 1 is 1.20 bits per heavy atom. The van der Waals surface area contributed by atoms with Gasteiger partial charge in [0.1, 0.15) is 5.69 Å². The van der Waals surface area contributed by atoms with Gasteiger partial charge in [-0.3, -0.25) is 9.69 Å². The van der Waals surface area contributed by atoms with Crippen LogP contribution in [-0.2, 0) is 17.7 Å². The van der Waals surface area contributed by atoms with Crippen LogP contribution in [0.15, 0.2) is 30.5 Å². The molecular weight excluding hydrogens is 445 g/mol. The minimum atomic E-state index is -0.359. The van der Waals surface area contributed by atoms with Crippen LogP contribution in [0.1, 0.15) is 52.4 Å². The molecule has 3 aliphatic rings.